The van der Waals surface area contributed by atoms with Crippen LogP contribution in [-0.4, -0.2) is 56.9 Å². The minimum absolute atomic E-state index is 0.0813. The number of halogens is 2. The maximum atomic E-state index is 13.7. The quantitative estimate of drug-likeness (QED) is 0.0618. The molecule has 4 aromatic carbocycles. The van der Waals surface area contributed by atoms with E-state index in [4.69, 9.17) is 46.9 Å². The van der Waals surface area contributed by atoms with Crippen LogP contribution in [0.25, 0.3) is 0 Å². The number of nitrogens with zero attached hydrogens (tertiary/aromatic N) is 3. The van der Waals surface area contributed by atoms with Crippen LogP contribution in [0.2, 0.25) is 10.0 Å². The van der Waals surface area contributed by atoms with Crippen LogP contribution in [0.4, 0.5) is 10.5 Å². The van der Waals surface area contributed by atoms with Gasteiger partial charge in [0.25, 0.3) is 0 Å². The zero-order valence-corrected chi connectivity index (χ0v) is 33.2. The van der Waals surface area contributed by atoms with Crippen LogP contribution in [0, 0.1) is 11.1 Å². The van der Waals surface area contributed by atoms with Crippen LogP contribution < -0.4 is 23.8 Å². The Hall–Kier alpha value is -5.49. The van der Waals surface area contributed by atoms with Crippen molar-refractivity contribution in [1.29, 1.82) is 0 Å². The third-order valence-corrected chi connectivity index (χ3v) is 11.1. The summed E-state index contributed by atoms with van der Waals surface area (Å²) >= 11 is 12.9. The van der Waals surface area contributed by atoms with E-state index in [1.54, 1.807) is 41.3 Å². The molecule has 57 heavy (non-hydrogen) atoms. The SMILES string of the molecule is COc1ccc([C@H](Cc2c(Cl)c[n+]([O-])cc2Cl)OC(=O)c2cccc(COc3cccc(CN(C(=O)O[C@H]4CN5CCC4CC5)c4ccccc4)c3)c2)cc1OC. The molecule has 13 heteroatoms. The van der Waals surface area contributed by atoms with E-state index >= 15 is 0 Å². The summed E-state index contributed by atoms with van der Waals surface area (Å²) in [6.45, 7) is 3.36. The van der Waals surface area contributed by atoms with Gasteiger partial charge >= 0.3 is 12.1 Å². The van der Waals surface area contributed by atoms with Crippen molar-refractivity contribution in [3.05, 3.63) is 153 Å². The number of anilines is 1. The number of benzene rings is 4. The molecule has 3 aliphatic heterocycles. The summed E-state index contributed by atoms with van der Waals surface area (Å²) in [5, 5.41) is 12.2. The Morgan fingerprint density at radius 1 is 0.860 bits per heavy atom. The maximum Gasteiger partial charge on any atom is 0.414 e. The van der Waals surface area contributed by atoms with Gasteiger partial charge in [0, 0.05) is 24.2 Å². The Bertz CT molecular complexity index is 2180. The second-order valence-corrected chi connectivity index (χ2v) is 14.9. The first-order chi connectivity index (χ1) is 27.7. The minimum Gasteiger partial charge on any atom is -0.619 e. The molecule has 5 aromatic rings. The predicted molar refractivity (Wildman–Crippen MR) is 216 cm³/mol. The van der Waals surface area contributed by atoms with Crippen molar-refractivity contribution in [2.75, 3.05) is 38.8 Å². The van der Waals surface area contributed by atoms with Gasteiger partial charge in [-0.05, 0) is 97.1 Å². The van der Waals surface area contributed by atoms with Crippen molar-refractivity contribution in [3.63, 3.8) is 0 Å². The third kappa shape index (κ3) is 9.73. The van der Waals surface area contributed by atoms with Gasteiger partial charge in [-0.1, -0.05) is 71.7 Å². The van der Waals surface area contributed by atoms with Crippen molar-refractivity contribution in [2.45, 2.75) is 44.6 Å². The number of aromatic nitrogens is 1. The number of carbonyl (C=O) groups is 2. The number of fused-ring (bicyclic) bond motifs is 3. The normalized spacial score (nSPS) is 17.6. The molecule has 2 atom stereocenters. The van der Waals surface area contributed by atoms with E-state index in [0.717, 1.165) is 49.3 Å². The summed E-state index contributed by atoms with van der Waals surface area (Å²) in [6, 6.07) is 29.3. The van der Waals surface area contributed by atoms with Crippen molar-refractivity contribution in [3.8, 4) is 17.2 Å². The van der Waals surface area contributed by atoms with E-state index in [-0.39, 0.29) is 35.3 Å². The number of hydrogen-bond acceptors (Lipinski definition) is 9. The predicted octanol–water partition coefficient (Wildman–Crippen LogP) is 8.60. The van der Waals surface area contributed by atoms with Crippen molar-refractivity contribution >= 4 is 41.0 Å². The van der Waals surface area contributed by atoms with E-state index in [9.17, 15) is 14.8 Å². The third-order valence-electron chi connectivity index (χ3n) is 10.4. The van der Waals surface area contributed by atoms with Crippen molar-refractivity contribution in [2.24, 2.45) is 5.92 Å². The van der Waals surface area contributed by atoms with Gasteiger partial charge in [-0.25, -0.2) is 9.59 Å². The largest absolute Gasteiger partial charge is 0.619 e. The van der Waals surface area contributed by atoms with E-state index < -0.39 is 12.1 Å². The second-order valence-electron chi connectivity index (χ2n) is 14.1. The number of amides is 1. The summed E-state index contributed by atoms with van der Waals surface area (Å²) in [4.78, 5) is 31.5. The molecular formula is C44H43Cl2N3O8. The fourth-order valence-electron chi connectivity index (χ4n) is 7.37. The first-order valence-electron chi connectivity index (χ1n) is 18.7. The molecule has 8 rings (SSSR count). The number of hydrogen-bond donors (Lipinski definition) is 0. The Morgan fingerprint density at radius 2 is 1.58 bits per heavy atom. The summed E-state index contributed by atoms with van der Waals surface area (Å²) in [5.74, 6) is 1.35. The van der Waals surface area contributed by atoms with Gasteiger partial charge in [-0.15, -0.1) is 0 Å². The highest BCUT2D eigenvalue weighted by atomic mass is 35.5. The molecular weight excluding hydrogens is 769 g/mol. The van der Waals surface area contributed by atoms with Crippen LogP contribution in [-0.2, 0) is 29.0 Å². The van der Waals surface area contributed by atoms with E-state index in [0.29, 0.717) is 51.1 Å². The van der Waals surface area contributed by atoms with E-state index in [1.807, 2.05) is 60.7 Å². The van der Waals surface area contributed by atoms with Gasteiger partial charge in [0.1, 0.15) is 34.6 Å². The highest BCUT2D eigenvalue weighted by Crippen LogP contribution is 2.36. The highest BCUT2D eigenvalue weighted by Gasteiger charge is 2.37. The lowest BCUT2D eigenvalue weighted by Gasteiger charge is -2.44. The van der Waals surface area contributed by atoms with Crippen LogP contribution in [0.3, 0.4) is 0 Å². The molecule has 11 nitrogen and oxygen atoms in total. The molecule has 3 aliphatic rings. The van der Waals surface area contributed by atoms with Gasteiger partial charge in [0.2, 0.25) is 0 Å². The van der Waals surface area contributed by atoms with Crippen LogP contribution in [0.15, 0.2) is 109 Å². The lowest BCUT2D eigenvalue weighted by molar-refractivity contribution is -0.605. The average molecular weight is 813 g/mol. The molecule has 0 aliphatic carbocycles. The Labute approximate surface area is 341 Å². The van der Waals surface area contributed by atoms with Crippen LogP contribution in [0.5, 0.6) is 17.2 Å². The molecule has 3 saturated heterocycles. The smallest absolute Gasteiger partial charge is 0.414 e. The van der Waals surface area contributed by atoms with Gasteiger partial charge in [-0.3, -0.25) is 9.80 Å². The molecule has 296 valence electrons. The number of piperidine rings is 3. The monoisotopic (exact) mass is 811 g/mol. The van der Waals surface area contributed by atoms with Gasteiger partial charge in [0.05, 0.1) is 26.3 Å². The number of carbonyl (C=O) groups excluding carboxylic acids is 2. The number of para-hydroxylation sites is 1. The fourth-order valence-corrected chi connectivity index (χ4v) is 7.97. The highest BCUT2D eigenvalue weighted by molar-refractivity contribution is 6.35. The standard InChI is InChI=1S/C44H43Cl2N3O8/c1-53-39-15-14-32(22-41(39)54-2)40(23-36-37(45)25-48(52)26-38(36)46)56-43(50)33-10-6-9-30(20-33)28-55-35-13-7-8-29(21-35)24-49(34-11-4-3-5-12-34)44(51)57-42-27-47-18-16-31(42)17-19-47/h3-15,20-22,25-26,31,40,42H,16-19,23-24,27-28H2,1-2H3/t40-,42-/m0/s1. The lowest BCUT2D eigenvalue weighted by Crippen LogP contribution is -2.53. The van der Waals surface area contributed by atoms with Crippen LogP contribution in [0.1, 0.15) is 51.6 Å². The molecule has 0 unspecified atom stereocenters. The maximum absolute atomic E-state index is 13.7. The van der Waals surface area contributed by atoms with E-state index in [2.05, 4.69) is 4.90 Å². The first kappa shape index (κ1) is 39.7. The minimum atomic E-state index is -0.860. The molecule has 4 heterocycles. The van der Waals surface area contributed by atoms with E-state index in [1.165, 1.54) is 26.6 Å². The van der Waals surface area contributed by atoms with Crippen LogP contribution >= 0.6 is 23.2 Å². The molecule has 0 spiro atoms. The lowest BCUT2D eigenvalue weighted by atomic mass is 9.86. The molecule has 1 aromatic heterocycles. The van der Waals surface area contributed by atoms with Gasteiger partial charge in [0.15, 0.2) is 23.9 Å². The molecule has 2 bridgehead atoms. The number of ether oxygens (including phenoxy) is 5. The Balaban J connectivity index is 1.04. The number of esters is 1. The molecule has 3 fully saturated rings. The average Bonchev–Trinajstić information content (AvgIpc) is 3.23. The number of methoxy groups -OCH3 is 2. The zero-order valence-electron chi connectivity index (χ0n) is 31.6. The summed E-state index contributed by atoms with van der Waals surface area (Å²) in [5.41, 5.74) is 3.70. The van der Waals surface area contributed by atoms with Gasteiger partial charge in [-0.2, -0.15) is 4.73 Å². The summed E-state index contributed by atoms with van der Waals surface area (Å²) in [7, 11) is 3.04. The fraction of sp³-hybridized carbons (Fsp3) is 0.295. The Morgan fingerprint density at radius 3 is 2.28 bits per heavy atom. The topological polar surface area (TPSA) is 114 Å². The number of rotatable bonds is 14. The van der Waals surface area contributed by atoms with Crippen molar-refractivity contribution < 1.29 is 38.0 Å². The number of pyridine rings is 1. The second kappa shape index (κ2) is 18.2. The Kier molecular flexibility index (Phi) is 12.7. The molecule has 0 radical (unpaired) electrons. The molecule has 0 N–H and O–H groups in total. The summed E-state index contributed by atoms with van der Waals surface area (Å²) < 4.78 is 29.9. The molecule has 1 amide bonds. The van der Waals surface area contributed by atoms with Gasteiger partial charge < -0.3 is 28.9 Å². The van der Waals surface area contributed by atoms with Crippen molar-refractivity contribution in [1.82, 2.24) is 4.90 Å². The molecule has 0 saturated carbocycles. The zero-order chi connectivity index (χ0) is 39.9. The first-order valence-corrected chi connectivity index (χ1v) is 19.5. The summed E-state index contributed by atoms with van der Waals surface area (Å²) in [6.07, 6.45) is 3.24.